The molecule has 0 fully saturated rings. The fraction of sp³-hybridized carbons (Fsp3) is 0.0357. The molecular weight excluding hydrogens is 701 g/mol. The lowest BCUT2D eigenvalue weighted by molar-refractivity contribution is 1.18. The average molecular weight is 743 g/mol. The third-order valence-electron chi connectivity index (χ3n) is 11.5. The molecule has 0 saturated heterocycles. The lowest BCUT2D eigenvalue weighted by atomic mass is 9.95. The Labute approximate surface area is 340 Å². The van der Waals surface area contributed by atoms with E-state index in [0.717, 1.165) is 17.1 Å². The molecule has 9 aromatic carbocycles. The van der Waals surface area contributed by atoms with Crippen molar-refractivity contribution in [1.29, 1.82) is 0 Å². The van der Waals surface area contributed by atoms with E-state index in [1.165, 1.54) is 83.1 Å². The minimum Gasteiger partial charge on any atom is -0.310 e. The zero-order valence-corrected chi connectivity index (χ0v) is 32.7. The number of fused-ring (bicyclic) bond motifs is 3. The van der Waals surface area contributed by atoms with Gasteiger partial charge in [-0.25, -0.2) is 0 Å². The van der Waals surface area contributed by atoms with Gasteiger partial charge in [-0.1, -0.05) is 146 Å². The van der Waals surface area contributed by atoms with Crippen LogP contribution in [0.1, 0.15) is 11.1 Å². The first-order chi connectivity index (χ1) is 28.6. The molecule has 0 amide bonds. The average Bonchev–Trinajstić information content (AvgIpc) is 3.62. The van der Waals surface area contributed by atoms with Crippen LogP contribution in [0.4, 0.5) is 17.1 Å². The van der Waals surface area contributed by atoms with Gasteiger partial charge in [0.2, 0.25) is 0 Å². The van der Waals surface area contributed by atoms with Crippen LogP contribution < -0.4 is 4.90 Å². The first-order valence-corrected chi connectivity index (χ1v) is 20.0. The van der Waals surface area contributed by atoms with Crippen molar-refractivity contribution in [3.63, 3.8) is 0 Å². The maximum Gasteiger partial charge on any atom is 0.0541 e. The van der Waals surface area contributed by atoms with Gasteiger partial charge in [0, 0.05) is 33.5 Å². The van der Waals surface area contributed by atoms with Gasteiger partial charge >= 0.3 is 0 Å². The van der Waals surface area contributed by atoms with E-state index in [2.05, 4.69) is 242 Å². The molecule has 10 rings (SSSR count). The van der Waals surface area contributed by atoms with Crippen molar-refractivity contribution in [3.8, 4) is 50.2 Å². The molecule has 0 radical (unpaired) electrons. The summed E-state index contributed by atoms with van der Waals surface area (Å²) in [6.45, 7) is 4.40. The molecule has 0 bridgehead atoms. The lowest BCUT2D eigenvalue weighted by Gasteiger charge is -2.27. The van der Waals surface area contributed by atoms with Crippen LogP contribution >= 0.6 is 0 Å². The molecule has 10 aromatic rings. The van der Waals surface area contributed by atoms with Crippen molar-refractivity contribution in [1.82, 2.24) is 4.57 Å². The molecule has 0 saturated carbocycles. The van der Waals surface area contributed by atoms with Crippen molar-refractivity contribution in [2.24, 2.45) is 0 Å². The molecule has 2 nitrogen and oxygen atoms in total. The summed E-state index contributed by atoms with van der Waals surface area (Å²) in [5.41, 5.74) is 19.1. The summed E-state index contributed by atoms with van der Waals surface area (Å²) in [6, 6.07) is 79.3. The second-order valence-electron chi connectivity index (χ2n) is 15.1. The first-order valence-electron chi connectivity index (χ1n) is 20.0. The van der Waals surface area contributed by atoms with E-state index < -0.39 is 0 Å². The van der Waals surface area contributed by atoms with E-state index >= 15 is 0 Å². The maximum absolute atomic E-state index is 2.39. The Morgan fingerprint density at radius 2 is 0.845 bits per heavy atom. The second kappa shape index (κ2) is 14.9. The van der Waals surface area contributed by atoms with E-state index in [1.807, 2.05) is 0 Å². The Balaban J connectivity index is 1.06. The van der Waals surface area contributed by atoms with E-state index in [0.29, 0.717) is 0 Å². The molecule has 0 unspecified atom stereocenters. The van der Waals surface area contributed by atoms with Crippen LogP contribution in [0, 0.1) is 13.8 Å². The molecule has 0 aliphatic rings. The number of anilines is 3. The van der Waals surface area contributed by atoms with Gasteiger partial charge in [0.25, 0.3) is 0 Å². The smallest absolute Gasteiger partial charge is 0.0541 e. The van der Waals surface area contributed by atoms with E-state index in [9.17, 15) is 0 Å². The Kier molecular flexibility index (Phi) is 9.01. The normalized spacial score (nSPS) is 11.3. The summed E-state index contributed by atoms with van der Waals surface area (Å²) < 4.78 is 2.37. The van der Waals surface area contributed by atoms with Crippen molar-refractivity contribution >= 4 is 38.9 Å². The van der Waals surface area contributed by atoms with Crippen LogP contribution in [0.25, 0.3) is 72.0 Å². The number of nitrogens with zero attached hydrogens (tertiary/aromatic N) is 2. The molecule has 2 heteroatoms. The van der Waals surface area contributed by atoms with Gasteiger partial charge in [-0.15, -0.1) is 0 Å². The third kappa shape index (κ3) is 6.45. The molecule has 0 aliphatic heterocycles. The Morgan fingerprint density at radius 3 is 1.62 bits per heavy atom. The quantitative estimate of drug-likeness (QED) is 0.150. The van der Waals surface area contributed by atoms with Crippen LogP contribution in [0.5, 0.6) is 0 Å². The van der Waals surface area contributed by atoms with Gasteiger partial charge in [0.15, 0.2) is 0 Å². The molecule has 1 aromatic heterocycles. The topological polar surface area (TPSA) is 8.17 Å². The maximum atomic E-state index is 2.39. The number of aryl methyl sites for hydroxylation is 2. The van der Waals surface area contributed by atoms with Crippen LogP contribution in [0.2, 0.25) is 0 Å². The molecule has 276 valence electrons. The van der Waals surface area contributed by atoms with Gasteiger partial charge in [-0.05, 0) is 142 Å². The van der Waals surface area contributed by atoms with Crippen molar-refractivity contribution in [2.45, 2.75) is 13.8 Å². The molecule has 0 aliphatic carbocycles. The summed E-state index contributed by atoms with van der Waals surface area (Å²) in [6.07, 6.45) is 0. The van der Waals surface area contributed by atoms with E-state index in [-0.39, 0.29) is 0 Å². The number of para-hydroxylation sites is 2. The van der Waals surface area contributed by atoms with Gasteiger partial charge in [-0.3, -0.25) is 0 Å². The summed E-state index contributed by atoms with van der Waals surface area (Å²) in [5, 5.41) is 2.51. The highest BCUT2D eigenvalue weighted by Crippen LogP contribution is 2.41. The molecule has 0 atom stereocenters. The van der Waals surface area contributed by atoms with Crippen molar-refractivity contribution in [2.75, 3.05) is 4.90 Å². The number of rotatable bonds is 8. The fourth-order valence-electron chi connectivity index (χ4n) is 8.51. The molecule has 1 heterocycles. The number of aromatic nitrogens is 1. The highest BCUT2D eigenvalue weighted by Gasteiger charge is 2.18. The Bertz CT molecular complexity index is 3070. The monoisotopic (exact) mass is 742 g/mol. The van der Waals surface area contributed by atoms with Crippen molar-refractivity contribution < 1.29 is 0 Å². The molecule has 0 spiro atoms. The number of hydrogen-bond acceptors (Lipinski definition) is 1. The standard InChI is InChI=1S/C56H42N2/c1-39-15-9-10-24-51(39)53-38-50(31-27-40(53)2)57(48-32-28-42(29-33-48)41-16-5-3-6-17-41)49-23-14-20-45(36-49)43-18-13-19-44(35-43)46-30-34-56-54(37-46)52-25-11-12-26-55(52)58(56)47-21-7-4-8-22-47/h3-38H,1-2H3. The summed E-state index contributed by atoms with van der Waals surface area (Å²) in [5.74, 6) is 0. The van der Waals surface area contributed by atoms with Crippen LogP contribution in [-0.2, 0) is 0 Å². The van der Waals surface area contributed by atoms with Gasteiger partial charge in [0.05, 0.1) is 11.0 Å². The minimum absolute atomic E-state index is 1.10. The largest absolute Gasteiger partial charge is 0.310 e. The number of hydrogen-bond donors (Lipinski definition) is 0. The zero-order valence-electron chi connectivity index (χ0n) is 32.7. The summed E-state index contributed by atoms with van der Waals surface area (Å²) in [7, 11) is 0. The lowest BCUT2D eigenvalue weighted by Crippen LogP contribution is -2.10. The third-order valence-corrected chi connectivity index (χ3v) is 11.5. The molecule has 58 heavy (non-hydrogen) atoms. The highest BCUT2D eigenvalue weighted by molar-refractivity contribution is 6.10. The van der Waals surface area contributed by atoms with Gasteiger partial charge < -0.3 is 9.47 Å². The van der Waals surface area contributed by atoms with Gasteiger partial charge in [0.1, 0.15) is 0 Å². The fourth-order valence-corrected chi connectivity index (χ4v) is 8.51. The molecule has 0 N–H and O–H groups in total. The van der Waals surface area contributed by atoms with E-state index in [1.54, 1.807) is 0 Å². The first kappa shape index (κ1) is 35.0. The highest BCUT2D eigenvalue weighted by atomic mass is 15.1. The van der Waals surface area contributed by atoms with Crippen LogP contribution in [-0.4, -0.2) is 4.57 Å². The molecular formula is C56H42N2. The summed E-state index contributed by atoms with van der Waals surface area (Å²) in [4.78, 5) is 2.39. The Morgan fingerprint density at radius 1 is 0.310 bits per heavy atom. The minimum atomic E-state index is 1.10. The SMILES string of the molecule is Cc1ccccc1-c1cc(N(c2ccc(-c3ccccc3)cc2)c2cccc(-c3cccc(-c4ccc5c(c4)c4ccccc4n5-c4ccccc4)c3)c2)ccc1C. The van der Waals surface area contributed by atoms with Crippen molar-refractivity contribution in [3.05, 3.63) is 230 Å². The summed E-state index contributed by atoms with van der Waals surface area (Å²) >= 11 is 0. The van der Waals surface area contributed by atoms with E-state index in [4.69, 9.17) is 0 Å². The van der Waals surface area contributed by atoms with Gasteiger partial charge in [-0.2, -0.15) is 0 Å². The predicted molar refractivity (Wildman–Crippen MR) is 247 cm³/mol. The predicted octanol–water partition coefficient (Wildman–Crippen LogP) is 15.5. The Hall–Kier alpha value is -7.42. The number of benzene rings is 9. The second-order valence-corrected chi connectivity index (χ2v) is 15.1. The van der Waals surface area contributed by atoms with Crippen LogP contribution in [0.3, 0.4) is 0 Å². The van der Waals surface area contributed by atoms with Crippen LogP contribution in [0.15, 0.2) is 218 Å². The zero-order chi connectivity index (χ0) is 39.0.